The second-order valence-corrected chi connectivity index (χ2v) is 8.38. The summed E-state index contributed by atoms with van der Waals surface area (Å²) in [5.74, 6) is 2.34. The Morgan fingerprint density at radius 2 is 1.83 bits per heavy atom. The number of urea groups is 1. The summed E-state index contributed by atoms with van der Waals surface area (Å²) in [5.41, 5.74) is 2.04. The molecule has 10 heteroatoms. The van der Waals surface area contributed by atoms with E-state index in [0.29, 0.717) is 61.3 Å². The first-order valence-corrected chi connectivity index (χ1v) is 11.7. The maximum atomic E-state index is 12.9. The third kappa shape index (κ3) is 5.12. The van der Waals surface area contributed by atoms with Gasteiger partial charge in [0.25, 0.3) is 5.91 Å². The summed E-state index contributed by atoms with van der Waals surface area (Å²) in [6.45, 7) is 2.84. The summed E-state index contributed by atoms with van der Waals surface area (Å²) < 4.78 is 15.9. The van der Waals surface area contributed by atoms with Gasteiger partial charge in [0.2, 0.25) is 6.79 Å². The summed E-state index contributed by atoms with van der Waals surface area (Å²) >= 11 is 0. The van der Waals surface area contributed by atoms with Crippen LogP contribution in [0.2, 0.25) is 0 Å². The van der Waals surface area contributed by atoms with Crippen molar-refractivity contribution in [2.24, 2.45) is 0 Å². The summed E-state index contributed by atoms with van der Waals surface area (Å²) in [4.78, 5) is 33.9. The number of pyridine rings is 1. The van der Waals surface area contributed by atoms with Gasteiger partial charge in [0.05, 0.1) is 12.8 Å². The monoisotopic (exact) mass is 489 g/mol. The maximum Gasteiger partial charge on any atom is 0.317 e. The van der Waals surface area contributed by atoms with Crippen molar-refractivity contribution in [3.8, 4) is 17.2 Å². The van der Waals surface area contributed by atoms with E-state index in [9.17, 15) is 9.59 Å². The Bertz CT molecular complexity index is 1260. The quantitative estimate of drug-likeness (QED) is 0.548. The lowest BCUT2D eigenvalue weighted by atomic mass is 10.2. The highest BCUT2D eigenvalue weighted by molar-refractivity contribution is 6.06. The van der Waals surface area contributed by atoms with E-state index in [0.717, 1.165) is 11.3 Å². The van der Waals surface area contributed by atoms with Gasteiger partial charge in [-0.25, -0.2) is 9.78 Å². The fourth-order valence-electron chi connectivity index (χ4n) is 4.17. The lowest BCUT2D eigenvalue weighted by molar-refractivity contribution is 0.102. The molecule has 0 bridgehead atoms. The molecular weight excluding hydrogens is 462 g/mol. The predicted molar refractivity (Wildman–Crippen MR) is 134 cm³/mol. The van der Waals surface area contributed by atoms with E-state index in [1.807, 2.05) is 30.3 Å². The smallest absolute Gasteiger partial charge is 0.317 e. The molecule has 10 nitrogen and oxygen atoms in total. The van der Waals surface area contributed by atoms with Crippen molar-refractivity contribution in [3.63, 3.8) is 0 Å². The Labute approximate surface area is 208 Å². The minimum absolute atomic E-state index is 0.116. The first-order chi connectivity index (χ1) is 17.6. The van der Waals surface area contributed by atoms with E-state index in [2.05, 4.69) is 20.5 Å². The summed E-state index contributed by atoms with van der Waals surface area (Å²) in [7, 11) is 1.62. The van der Waals surface area contributed by atoms with Crippen molar-refractivity contribution in [3.05, 3.63) is 71.9 Å². The fraction of sp³-hybridized carbons (Fsp3) is 0.269. The molecule has 5 rings (SSSR count). The standard InChI is InChI=1S/C26H27N5O5/c1-34-20-5-2-4-18(14-20)16-28-26(33)31-12-10-30(11-13-31)24-21(6-3-9-27-24)29-25(32)19-7-8-22-23(15-19)36-17-35-22/h2-9,14-15H,10-13,16-17H2,1H3,(H,28,33)(H,29,32). The number of hydrogen-bond acceptors (Lipinski definition) is 7. The minimum Gasteiger partial charge on any atom is -0.497 e. The number of rotatable bonds is 6. The maximum absolute atomic E-state index is 12.9. The molecule has 1 fully saturated rings. The number of carbonyl (C=O) groups excluding carboxylic acids is 2. The fourth-order valence-corrected chi connectivity index (χ4v) is 4.17. The zero-order valence-electron chi connectivity index (χ0n) is 19.9. The Balaban J connectivity index is 1.18. The van der Waals surface area contributed by atoms with Crippen molar-refractivity contribution < 1.29 is 23.8 Å². The highest BCUT2D eigenvalue weighted by Gasteiger charge is 2.24. The second-order valence-electron chi connectivity index (χ2n) is 8.38. The molecule has 2 N–H and O–H groups in total. The number of piperazine rings is 1. The Morgan fingerprint density at radius 1 is 1.00 bits per heavy atom. The van der Waals surface area contributed by atoms with Gasteiger partial charge in [0.15, 0.2) is 17.3 Å². The molecule has 1 aromatic heterocycles. The van der Waals surface area contributed by atoms with Crippen molar-refractivity contribution in [2.75, 3.05) is 50.3 Å². The number of amides is 3. The molecule has 0 unspecified atom stereocenters. The Morgan fingerprint density at radius 3 is 2.67 bits per heavy atom. The van der Waals surface area contributed by atoms with Crippen LogP contribution in [-0.2, 0) is 6.54 Å². The van der Waals surface area contributed by atoms with Gasteiger partial charge in [0, 0.05) is 44.5 Å². The number of hydrogen-bond donors (Lipinski definition) is 2. The average Bonchev–Trinajstić information content (AvgIpc) is 3.40. The molecule has 0 spiro atoms. The molecule has 186 valence electrons. The van der Waals surface area contributed by atoms with E-state index in [-0.39, 0.29) is 18.7 Å². The average molecular weight is 490 g/mol. The molecule has 0 atom stereocenters. The number of benzene rings is 2. The van der Waals surface area contributed by atoms with Gasteiger partial charge in [-0.05, 0) is 48.0 Å². The minimum atomic E-state index is -0.266. The van der Waals surface area contributed by atoms with E-state index in [4.69, 9.17) is 14.2 Å². The van der Waals surface area contributed by atoms with Gasteiger partial charge in [-0.3, -0.25) is 4.79 Å². The van der Waals surface area contributed by atoms with Gasteiger partial charge in [0.1, 0.15) is 5.75 Å². The van der Waals surface area contributed by atoms with Crippen molar-refractivity contribution >= 4 is 23.4 Å². The van der Waals surface area contributed by atoms with Crippen LogP contribution in [-0.4, -0.2) is 61.9 Å². The van der Waals surface area contributed by atoms with Crippen LogP contribution in [0, 0.1) is 0 Å². The van der Waals surface area contributed by atoms with Crippen LogP contribution in [0.4, 0.5) is 16.3 Å². The summed E-state index contributed by atoms with van der Waals surface area (Å²) in [6.07, 6.45) is 1.69. The van der Waals surface area contributed by atoms with Gasteiger partial charge >= 0.3 is 6.03 Å². The zero-order chi connectivity index (χ0) is 24.9. The van der Waals surface area contributed by atoms with E-state index in [1.54, 1.807) is 42.5 Å². The predicted octanol–water partition coefficient (Wildman–Crippen LogP) is 3.10. The molecular formula is C26H27N5O5. The van der Waals surface area contributed by atoms with E-state index >= 15 is 0 Å². The molecule has 2 aliphatic rings. The van der Waals surface area contributed by atoms with Crippen LogP contribution < -0.4 is 29.7 Å². The summed E-state index contributed by atoms with van der Waals surface area (Å²) in [6, 6.07) is 16.2. The number of ether oxygens (including phenoxy) is 3. The van der Waals surface area contributed by atoms with Crippen LogP contribution in [0.5, 0.6) is 17.2 Å². The third-order valence-corrected chi connectivity index (χ3v) is 6.11. The van der Waals surface area contributed by atoms with Crippen LogP contribution >= 0.6 is 0 Å². The van der Waals surface area contributed by atoms with Gasteiger partial charge in [-0.2, -0.15) is 0 Å². The molecule has 3 heterocycles. The molecule has 2 aromatic carbocycles. The zero-order valence-corrected chi connectivity index (χ0v) is 19.9. The number of aromatic nitrogens is 1. The van der Waals surface area contributed by atoms with Gasteiger partial charge < -0.3 is 34.6 Å². The van der Waals surface area contributed by atoms with Crippen LogP contribution in [0.15, 0.2) is 60.8 Å². The third-order valence-electron chi connectivity index (χ3n) is 6.11. The lowest BCUT2D eigenvalue weighted by Crippen LogP contribution is -2.52. The molecule has 1 saturated heterocycles. The first kappa shape index (κ1) is 23.3. The van der Waals surface area contributed by atoms with Crippen molar-refractivity contribution in [1.82, 2.24) is 15.2 Å². The lowest BCUT2D eigenvalue weighted by Gasteiger charge is -2.36. The number of nitrogens with zero attached hydrogens (tertiary/aromatic N) is 3. The summed E-state index contributed by atoms with van der Waals surface area (Å²) in [5, 5.41) is 5.92. The molecule has 0 saturated carbocycles. The molecule has 3 aromatic rings. The highest BCUT2D eigenvalue weighted by Crippen LogP contribution is 2.33. The van der Waals surface area contributed by atoms with Crippen LogP contribution in [0.1, 0.15) is 15.9 Å². The van der Waals surface area contributed by atoms with E-state index < -0.39 is 0 Å². The molecule has 0 radical (unpaired) electrons. The molecule has 36 heavy (non-hydrogen) atoms. The number of nitrogens with one attached hydrogen (secondary N) is 2. The Kier molecular flexibility index (Phi) is 6.74. The number of fused-ring (bicyclic) bond motifs is 1. The normalized spacial score (nSPS) is 14.4. The van der Waals surface area contributed by atoms with Crippen LogP contribution in [0.3, 0.4) is 0 Å². The molecule has 3 amide bonds. The molecule has 0 aliphatic carbocycles. The van der Waals surface area contributed by atoms with Crippen molar-refractivity contribution in [2.45, 2.75) is 6.54 Å². The highest BCUT2D eigenvalue weighted by atomic mass is 16.7. The van der Waals surface area contributed by atoms with Gasteiger partial charge in [-0.15, -0.1) is 0 Å². The number of carbonyl (C=O) groups is 2. The van der Waals surface area contributed by atoms with E-state index in [1.165, 1.54) is 0 Å². The topological polar surface area (TPSA) is 105 Å². The molecule has 2 aliphatic heterocycles. The first-order valence-electron chi connectivity index (χ1n) is 11.7. The SMILES string of the molecule is COc1cccc(CNC(=O)N2CCN(c3ncccc3NC(=O)c3ccc4c(c3)OCO4)CC2)c1. The number of anilines is 2. The second kappa shape index (κ2) is 10.4. The largest absolute Gasteiger partial charge is 0.497 e. The van der Waals surface area contributed by atoms with Crippen LogP contribution in [0.25, 0.3) is 0 Å². The number of methoxy groups -OCH3 is 1. The van der Waals surface area contributed by atoms with Gasteiger partial charge in [-0.1, -0.05) is 12.1 Å². The van der Waals surface area contributed by atoms with Crippen molar-refractivity contribution in [1.29, 1.82) is 0 Å². The Hall–Kier alpha value is -4.47.